The summed E-state index contributed by atoms with van der Waals surface area (Å²) in [5, 5.41) is 0. The van der Waals surface area contributed by atoms with Crippen LogP contribution in [-0.2, 0) is 16.6 Å². The number of hydrogen-bond acceptors (Lipinski definition) is 4. The Morgan fingerprint density at radius 2 is 2.00 bits per heavy atom. The minimum absolute atomic E-state index is 0.0894. The Morgan fingerprint density at radius 3 is 2.76 bits per heavy atom. The first-order valence-electron chi connectivity index (χ1n) is 10.4. The van der Waals surface area contributed by atoms with Crippen LogP contribution in [-0.4, -0.2) is 52.7 Å². The molecule has 1 saturated heterocycles. The number of carbonyl (C=O) groups is 1. The smallest absolute Gasteiger partial charge is 0.274 e. The van der Waals surface area contributed by atoms with E-state index < -0.39 is 10.0 Å². The van der Waals surface area contributed by atoms with E-state index in [1.54, 1.807) is 33.4 Å². The predicted molar refractivity (Wildman–Crippen MR) is 108 cm³/mol. The number of amides is 1. The van der Waals surface area contributed by atoms with Gasteiger partial charge in [-0.25, -0.2) is 13.4 Å². The summed E-state index contributed by atoms with van der Waals surface area (Å²) in [6.07, 6.45) is 5.85. The zero-order chi connectivity index (χ0) is 20.2. The normalized spacial score (nSPS) is 23.9. The monoisotopic (exact) mass is 414 g/mol. The van der Waals surface area contributed by atoms with Crippen molar-refractivity contribution >= 4 is 15.9 Å². The van der Waals surface area contributed by atoms with Gasteiger partial charge in [-0.3, -0.25) is 9.36 Å². The number of benzene rings is 1. The van der Waals surface area contributed by atoms with Crippen molar-refractivity contribution in [3.05, 3.63) is 42.0 Å². The van der Waals surface area contributed by atoms with E-state index in [4.69, 9.17) is 0 Å². The number of rotatable bonds is 3. The number of hydrogen-bond donors (Lipinski definition) is 0. The van der Waals surface area contributed by atoms with Crippen molar-refractivity contribution in [2.45, 2.75) is 44.0 Å². The molecule has 1 aromatic heterocycles. The molecule has 3 aliphatic rings. The van der Waals surface area contributed by atoms with Crippen LogP contribution in [0.4, 0.5) is 0 Å². The lowest BCUT2D eigenvalue weighted by molar-refractivity contribution is 0.0675. The van der Waals surface area contributed by atoms with Gasteiger partial charge in [0.15, 0.2) is 5.69 Å². The van der Waals surface area contributed by atoms with Crippen molar-refractivity contribution < 1.29 is 13.2 Å². The Hall–Kier alpha value is -2.19. The first kappa shape index (κ1) is 18.8. The molecule has 29 heavy (non-hydrogen) atoms. The van der Waals surface area contributed by atoms with Gasteiger partial charge in [0, 0.05) is 19.6 Å². The molecule has 1 saturated carbocycles. The summed E-state index contributed by atoms with van der Waals surface area (Å²) in [5.74, 6) is 0.795. The first-order chi connectivity index (χ1) is 13.9. The number of para-hydroxylation sites is 1. The molecule has 1 amide bonds. The van der Waals surface area contributed by atoms with Gasteiger partial charge in [0.25, 0.3) is 5.91 Å². The molecule has 0 spiro atoms. The maximum atomic E-state index is 13.4. The van der Waals surface area contributed by atoms with Crippen LogP contribution in [0.15, 0.2) is 35.5 Å². The highest BCUT2D eigenvalue weighted by Gasteiger charge is 2.38. The standard InChI is InChI=1S/C21H26N4O3S/c1-15-5-4-10-23(11-15)21(26)20-18-13-24(12-16-8-9-16)29(27,28)19-7-3-2-6-17(19)25(18)14-22-20/h2-3,6-7,14-16H,4-5,8-13H2,1H3. The average molecular weight is 415 g/mol. The Labute approximate surface area is 171 Å². The molecule has 1 aromatic carbocycles. The van der Waals surface area contributed by atoms with Gasteiger partial charge in [-0.2, -0.15) is 4.31 Å². The van der Waals surface area contributed by atoms with Crippen molar-refractivity contribution in [1.29, 1.82) is 0 Å². The maximum Gasteiger partial charge on any atom is 0.274 e. The van der Waals surface area contributed by atoms with Gasteiger partial charge in [0.1, 0.15) is 11.2 Å². The Balaban J connectivity index is 1.60. The van der Waals surface area contributed by atoms with Gasteiger partial charge < -0.3 is 4.90 Å². The Bertz CT molecular complexity index is 1060. The molecule has 7 nitrogen and oxygen atoms in total. The molecule has 5 rings (SSSR count). The molecule has 154 valence electrons. The molecular formula is C21H26N4O3S. The predicted octanol–water partition coefficient (Wildman–Crippen LogP) is 2.66. The molecule has 0 N–H and O–H groups in total. The number of carbonyl (C=O) groups excluding carboxylic acids is 1. The highest BCUT2D eigenvalue weighted by molar-refractivity contribution is 7.89. The molecule has 2 aromatic rings. The van der Waals surface area contributed by atoms with Gasteiger partial charge >= 0.3 is 0 Å². The van der Waals surface area contributed by atoms with Crippen LogP contribution in [0, 0.1) is 11.8 Å². The molecule has 1 atom stereocenters. The van der Waals surface area contributed by atoms with Crippen molar-refractivity contribution in [2.24, 2.45) is 11.8 Å². The second-order valence-electron chi connectivity index (χ2n) is 8.62. The SMILES string of the molecule is CC1CCCN(C(=O)c2ncn3c2CN(CC2CC2)S(=O)(=O)c2ccccc2-3)C1. The molecule has 0 bridgehead atoms. The van der Waals surface area contributed by atoms with E-state index in [9.17, 15) is 13.2 Å². The summed E-state index contributed by atoms with van der Waals surface area (Å²) >= 11 is 0. The fraction of sp³-hybridized carbons (Fsp3) is 0.524. The zero-order valence-corrected chi connectivity index (χ0v) is 17.4. The molecule has 3 heterocycles. The van der Waals surface area contributed by atoms with Crippen molar-refractivity contribution in [3.8, 4) is 5.69 Å². The summed E-state index contributed by atoms with van der Waals surface area (Å²) in [6.45, 7) is 4.30. The van der Waals surface area contributed by atoms with Gasteiger partial charge in [-0.15, -0.1) is 0 Å². The lowest BCUT2D eigenvalue weighted by atomic mass is 10.00. The fourth-order valence-electron chi connectivity index (χ4n) is 4.45. The van der Waals surface area contributed by atoms with Crippen molar-refractivity contribution in [2.75, 3.05) is 19.6 Å². The van der Waals surface area contributed by atoms with Crippen molar-refractivity contribution in [1.82, 2.24) is 18.8 Å². The lowest BCUT2D eigenvalue weighted by Gasteiger charge is -2.30. The van der Waals surface area contributed by atoms with Gasteiger partial charge in [0.2, 0.25) is 10.0 Å². The molecule has 1 aliphatic carbocycles. The summed E-state index contributed by atoms with van der Waals surface area (Å²) in [7, 11) is -3.63. The average Bonchev–Trinajstić information content (AvgIpc) is 3.45. The lowest BCUT2D eigenvalue weighted by Crippen LogP contribution is -2.40. The second-order valence-corrected chi connectivity index (χ2v) is 10.5. The van der Waals surface area contributed by atoms with E-state index >= 15 is 0 Å². The minimum Gasteiger partial charge on any atom is -0.337 e. The number of fused-ring (bicyclic) bond motifs is 3. The Morgan fingerprint density at radius 1 is 1.21 bits per heavy atom. The maximum absolute atomic E-state index is 13.4. The van der Waals surface area contributed by atoms with E-state index in [0.717, 1.165) is 38.8 Å². The highest BCUT2D eigenvalue weighted by Crippen LogP contribution is 2.36. The highest BCUT2D eigenvalue weighted by atomic mass is 32.2. The first-order valence-corrected chi connectivity index (χ1v) is 11.8. The third-order valence-corrected chi connectivity index (χ3v) is 8.10. The van der Waals surface area contributed by atoms with E-state index in [0.29, 0.717) is 35.5 Å². The summed E-state index contributed by atoms with van der Waals surface area (Å²) in [4.78, 5) is 19.9. The summed E-state index contributed by atoms with van der Waals surface area (Å²) in [5.41, 5.74) is 1.62. The van der Waals surface area contributed by atoms with Crippen molar-refractivity contribution in [3.63, 3.8) is 0 Å². The number of piperidine rings is 1. The molecule has 2 fully saturated rings. The third-order valence-electron chi connectivity index (χ3n) is 6.24. The summed E-state index contributed by atoms with van der Waals surface area (Å²) in [6, 6.07) is 7.00. The second kappa shape index (κ2) is 6.95. The number of aromatic nitrogens is 2. The zero-order valence-electron chi connectivity index (χ0n) is 16.6. The van der Waals surface area contributed by atoms with E-state index in [-0.39, 0.29) is 17.3 Å². The van der Waals surface area contributed by atoms with Gasteiger partial charge in [0.05, 0.1) is 17.9 Å². The van der Waals surface area contributed by atoms with Crippen LogP contribution in [0.1, 0.15) is 48.8 Å². The molecule has 8 heteroatoms. The number of imidazole rings is 1. The van der Waals surface area contributed by atoms with Crippen LogP contribution in [0.25, 0.3) is 5.69 Å². The number of sulfonamides is 1. The molecule has 2 aliphatic heterocycles. The van der Waals surface area contributed by atoms with Crippen LogP contribution >= 0.6 is 0 Å². The summed E-state index contributed by atoms with van der Waals surface area (Å²) < 4.78 is 30.1. The quantitative estimate of drug-likeness (QED) is 0.774. The van der Waals surface area contributed by atoms with Gasteiger partial charge in [-0.1, -0.05) is 19.1 Å². The molecular weight excluding hydrogens is 388 g/mol. The fourth-order valence-corrected chi connectivity index (χ4v) is 6.11. The topological polar surface area (TPSA) is 75.5 Å². The van der Waals surface area contributed by atoms with Crippen LogP contribution in [0.3, 0.4) is 0 Å². The molecule has 1 unspecified atom stereocenters. The third kappa shape index (κ3) is 3.28. The number of likely N-dealkylation sites (tertiary alicyclic amines) is 1. The van der Waals surface area contributed by atoms with E-state index in [2.05, 4.69) is 11.9 Å². The Kier molecular flexibility index (Phi) is 4.51. The van der Waals surface area contributed by atoms with E-state index in [1.165, 1.54) is 0 Å². The van der Waals surface area contributed by atoms with Crippen LogP contribution in [0.2, 0.25) is 0 Å². The molecule has 0 radical (unpaired) electrons. The van der Waals surface area contributed by atoms with Crippen LogP contribution < -0.4 is 0 Å². The largest absolute Gasteiger partial charge is 0.337 e. The van der Waals surface area contributed by atoms with E-state index in [1.807, 2.05) is 11.0 Å². The van der Waals surface area contributed by atoms with Gasteiger partial charge in [-0.05, 0) is 49.7 Å². The minimum atomic E-state index is -3.63. The van der Waals surface area contributed by atoms with Crippen LogP contribution in [0.5, 0.6) is 0 Å². The number of nitrogens with zero attached hydrogens (tertiary/aromatic N) is 4.